The zero-order chi connectivity index (χ0) is 22.0. The number of H-pyrrole nitrogens is 1. The second kappa shape index (κ2) is 9.26. The molecule has 1 aromatic rings. The van der Waals surface area contributed by atoms with E-state index < -0.39 is 25.8 Å². The first-order chi connectivity index (χ1) is 13.4. The molecule has 1 fully saturated rings. The van der Waals surface area contributed by atoms with Gasteiger partial charge in [-0.05, 0) is 31.5 Å². The predicted octanol–water partition coefficient (Wildman–Crippen LogP) is 3.01. The van der Waals surface area contributed by atoms with Gasteiger partial charge in [-0.2, -0.15) is 5.06 Å². The molecule has 2 heterocycles. The zero-order valence-electron chi connectivity index (χ0n) is 18.8. The molecule has 3 atom stereocenters. The second-order valence-corrected chi connectivity index (χ2v) is 14.3. The Morgan fingerprint density at radius 3 is 2.62 bits per heavy atom. The van der Waals surface area contributed by atoms with Gasteiger partial charge in [0.15, 0.2) is 8.32 Å². The third kappa shape index (κ3) is 5.67. The van der Waals surface area contributed by atoms with E-state index in [9.17, 15) is 14.8 Å². The molecule has 2 N–H and O–H groups in total. The Bertz CT molecular complexity index is 799. The molecule has 1 aromatic heterocycles. The van der Waals surface area contributed by atoms with E-state index in [0.29, 0.717) is 25.1 Å². The van der Waals surface area contributed by atoms with Crippen LogP contribution >= 0.6 is 0 Å². The van der Waals surface area contributed by atoms with Crippen LogP contribution in [0.5, 0.6) is 0 Å². The van der Waals surface area contributed by atoms with Crippen LogP contribution < -0.4 is 11.2 Å². The zero-order valence-corrected chi connectivity index (χ0v) is 19.8. The van der Waals surface area contributed by atoms with Gasteiger partial charge in [0.05, 0.1) is 12.6 Å². The van der Waals surface area contributed by atoms with Gasteiger partial charge >= 0.3 is 5.69 Å². The highest BCUT2D eigenvalue weighted by molar-refractivity contribution is 6.74. The van der Waals surface area contributed by atoms with E-state index in [-0.39, 0.29) is 17.2 Å². The molecular formula is C20H37N3O5Si. The molecule has 0 saturated carbocycles. The maximum absolute atomic E-state index is 12.3. The number of hydrogen-bond acceptors (Lipinski definition) is 6. The monoisotopic (exact) mass is 427 g/mol. The Morgan fingerprint density at radius 1 is 1.38 bits per heavy atom. The smallest absolute Gasteiger partial charge is 0.330 e. The van der Waals surface area contributed by atoms with E-state index >= 15 is 0 Å². The summed E-state index contributed by atoms with van der Waals surface area (Å²) >= 11 is 0. The molecule has 0 aliphatic carbocycles. The highest BCUT2D eigenvalue weighted by Gasteiger charge is 2.43. The minimum Gasteiger partial charge on any atom is -0.414 e. The minimum atomic E-state index is -1.99. The van der Waals surface area contributed by atoms with Crippen LogP contribution in [0.25, 0.3) is 0 Å². The Hall–Kier alpha value is -1.26. The summed E-state index contributed by atoms with van der Waals surface area (Å²) in [5.41, 5.74) is -0.462. The van der Waals surface area contributed by atoms with Crippen LogP contribution in [0.4, 0.5) is 0 Å². The van der Waals surface area contributed by atoms with Crippen LogP contribution in [0, 0.1) is 6.92 Å². The van der Waals surface area contributed by atoms with Crippen molar-refractivity contribution >= 4 is 8.32 Å². The summed E-state index contributed by atoms with van der Waals surface area (Å²) in [4.78, 5) is 26.3. The predicted molar refractivity (Wildman–Crippen MR) is 115 cm³/mol. The van der Waals surface area contributed by atoms with Gasteiger partial charge in [-0.15, -0.1) is 0 Å². The molecule has 166 valence electrons. The first-order valence-electron chi connectivity index (χ1n) is 10.4. The van der Waals surface area contributed by atoms with Gasteiger partial charge in [0.2, 0.25) is 0 Å². The normalized spacial score (nSPS) is 23.1. The van der Waals surface area contributed by atoms with Gasteiger partial charge in [0.1, 0.15) is 12.3 Å². The molecule has 9 heteroatoms. The minimum absolute atomic E-state index is 0.0641. The molecule has 2 rings (SSSR count). The van der Waals surface area contributed by atoms with Crippen LogP contribution in [0.3, 0.4) is 0 Å². The van der Waals surface area contributed by atoms with Crippen molar-refractivity contribution < 1.29 is 14.4 Å². The van der Waals surface area contributed by atoms with E-state index in [0.717, 1.165) is 12.8 Å². The third-order valence-corrected chi connectivity index (χ3v) is 10.7. The number of hydrogen-bond donors (Lipinski definition) is 2. The maximum Gasteiger partial charge on any atom is 0.330 e. The number of nitrogens with one attached hydrogen (secondary N) is 1. The van der Waals surface area contributed by atoms with Gasteiger partial charge in [0, 0.05) is 24.7 Å². The Labute approximate surface area is 173 Å². The molecule has 8 nitrogen and oxygen atoms in total. The Morgan fingerprint density at radius 2 is 2.03 bits per heavy atom. The van der Waals surface area contributed by atoms with Crippen molar-refractivity contribution in [2.75, 3.05) is 13.2 Å². The van der Waals surface area contributed by atoms with Crippen LogP contribution in [0.1, 0.15) is 58.7 Å². The summed E-state index contributed by atoms with van der Waals surface area (Å²) in [6.45, 7) is 15.5. The number of ether oxygens (including phenoxy) is 1. The average Bonchev–Trinajstić information content (AvgIpc) is 3.04. The first-order valence-corrected chi connectivity index (χ1v) is 13.3. The molecule has 0 bridgehead atoms. The van der Waals surface area contributed by atoms with Crippen LogP contribution in [-0.4, -0.2) is 53.4 Å². The third-order valence-electron chi connectivity index (χ3n) is 6.20. The summed E-state index contributed by atoms with van der Waals surface area (Å²) in [6, 6.07) is -0.282. The topological polar surface area (TPSA) is 96.8 Å². The lowest BCUT2D eigenvalue weighted by atomic mass is 10.1. The van der Waals surface area contributed by atoms with Gasteiger partial charge in [-0.3, -0.25) is 14.3 Å². The van der Waals surface area contributed by atoms with Crippen LogP contribution in [0.15, 0.2) is 15.8 Å². The molecule has 2 unspecified atom stereocenters. The van der Waals surface area contributed by atoms with E-state index in [1.165, 1.54) is 15.8 Å². The van der Waals surface area contributed by atoms with Crippen molar-refractivity contribution in [1.82, 2.24) is 14.6 Å². The molecule has 29 heavy (non-hydrogen) atoms. The lowest BCUT2D eigenvalue weighted by Crippen LogP contribution is -2.46. The van der Waals surface area contributed by atoms with Crippen molar-refractivity contribution in [2.45, 2.75) is 90.4 Å². The summed E-state index contributed by atoms with van der Waals surface area (Å²) in [5.74, 6) is 0. The summed E-state index contributed by atoms with van der Waals surface area (Å²) in [5, 5.41) is 12.0. The highest BCUT2D eigenvalue weighted by atomic mass is 28.4. The molecule has 0 radical (unpaired) electrons. The maximum atomic E-state index is 12.3. The van der Waals surface area contributed by atoms with E-state index in [4.69, 9.17) is 9.16 Å². The fraction of sp³-hybridized carbons (Fsp3) is 0.800. The number of nitrogens with zero attached hydrogens (tertiary/aromatic N) is 2. The van der Waals surface area contributed by atoms with E-state index in [2.05, 4.69) is 45.8 Å². The quantitative estimate of drug-likeness (QED) is 0.489. The number of aryl methyl sites for hydroxylation is 1. The van der Waals surface area contributed by atoms with E-state index in [1.54, 1.807) is 6.92 Å². The lowest BCUT2D eigenvalue weighted by Gasteiger charge is -2.37. The molecule has 0 amide bonds. The number of aromatic amines is 1. The Kier molecular flexibility index (Phi) is 7.67. The first kappa shape index (κ1) is 24.0. The summed E-state index contributed by atoms with van der Waals surface area (Å²) < 4.78 is 13.9. The van der Waals surface area contributed by atoms with Gasteiger partial charge in [0.25, 0.3) is 5.56 Å². The molecule has 1 saturated heterocycles. The molecular weight excluding hydrogens is 390 g/mol. The Balaban J connectivity index is 2.24. The standard InChI is InChI=1S/C20H37N3O5Si/c1-8-9-10-23(26)15-11-17(22-12-14(2)18(24)21-19(22)25)28-16(15)13-27-29(6,7)20(3,4)5/h12,15-17,26H,8-11,13H2,1-7H3,(H,21,24,25)/t15-,16?,17?/m1/s1. The van der Waals surface area contributed by atoms with Crippen molar-refractivity contribution in [1.29, 1.82) is 0 Å². The van der Waals surface area contributed by atoms with Crippen molar-refractivity contribution in [3.63, 3.8) is 0 Å². The molecule has 1 aliphatic heterocycles. The van der Waals surface area contributed by atoms with Gasteiger partial charge in [-0.25, -0.2) is 4.79 Å². The van der Waals surface area contributed by atoms with E-state index in [1.807, 2.05) is 0 Å². The molecule has 1 aliphatic rings. The molecule has 0 aromatic carbocycles. The molecule has 0 spiro atoms. The second-order valence-electron chi connectivity index (χ2n) is 9.50. The summed E-state index contributed by atoms with van der Waals surface area (Å²) in [6.07, 6.45) is 2.87. The number of hydroxylamine groups is 2. The lowest BCUT2D eigenvalue weighted by molar-refractivity contribution is -0.147. The van der Waals surface area contributed by atoms with Crippen molar-refractivity contribution in [2.24, 2.45) is 0 Å². The fourth-order valence-corrected chi connectivity index (χ4v) is 4.16. The average molecular weight is 428 g/mol. The van der Waals surface area contributed by atoms with Crippen molar-refractivity contribution in [3.8, 4) is 0 Å². The van der Waals surface area contributed by atoms with Crippen LogP contribution in [0.2, 0.25) is 18.1 Å². The van der Waals surface area contributed by atoms with Gasteiger partial charge < -0.3 is 14.4 Å². The number of aromatic nitrogens is 2. The number of unbranched alkanes of at least 4 members (excludes halogenated alkanes) is 1. The van der Waals surface area contributed by atoms with Crippen molar-refractivity contribution in [3.05, 3.63) is 32.6 Å². The highest BCUT2D eigenvalue weighted by Crippen LogP contribution is 2.38. The van der Waals surface area contributed by atoms with Crippen LogP contribution in [-0.2, 0) is 9.16 Å². The largest absolute Gasteiger partial charge is 0.414 e. The fourth-order valence-electron chi connectivity index (χ4n) is 3.14. The SMILES string of the molecule is CCCCN(O)[C@@H]1CC(n2cc(C)c(=O)[nH]c2=O)OC1CO[Si](C)(C)C(C)(C)C. The van der Waals surface area contributed by atoms with Gasteiger partial charge in [-0.1, -0.05) is 34.1 Å². The summed E-state index contributed by atoms with van der Waals surface area (Å²) in [7, 11) is -1.99. The number of rotatable bonds is 8.